The zero-order valence-electron chi connectivity index (χ0n) is 19.8. The number of piperidine rings is 1. The highest BCUT2D eigenvalue weighted by atomic mass is 16.2. The Morgan fingerprint density at radius 3 is 2.55 bits per heavy atom. The predicted octanol–water partition coefficient (Wildman–Crippen LogP) is 6.08. The Morgan fingerprint density at radius 1 is 1.06 bits per heavy atom. The Kier molecular flexibility index (Phi) is 6.16. The third-order valence-corrected chi connectivity index (χ3v) is 9.43. The number of fused-ring (bicyclic) bond motifs is 2. The molecule has 5 rings (SSSR count). The highest BCUT2D eigenvalue weighted by Crippen LogP contribution is 2.50. The SMILES string of the molecule is CC[C@@H](C[C@@H]1CCC(C)C1)N1CCC2(CC[C@H](N3CCCC3=O)c3ccccc32)CC1. The lowest BCUT2D eigenvalue weighted by Crippen LogP contribution is -2.49. The van der Waals surface area contributed by atoms with Crippen LogP contribution in [0, 0.1) is 11.8 Å². The second-order valence-corrected chi connectivity index (χ2v) is 11.2. The van der Waals surface area contributed by atoms with Gasteiger partial charge in [0.2, 0.25) is 5.91 Å². The van der Waals surface area contributed by atoms with E-state index in [9.17, 15) is 4.79 Å². The van der Waals surface area contributed by atoms with E-state index in [-0.39, 0.29) is 0 Å². The second-order valence-electron chi connectivity index (χ2n) is 11.2. The van der Waals surface area contributed by atoms with Crippen LogP contribution < -0.4 is 0 Å². The summed E-state index contributed by atoms with van der Waals surface area (Å²) >= 11 is 0. The van der Waals surface area contributed by atoms with E-state index in [1.165, 1.54) is 70.0 Å². The van der Waals surface area contributed by atoms with E-state index in [1.807, 2.05) is 0 Å². The third-order valence-electron chi connectivity index (χ3n) is 9.43. The lowest BCUT2D eigenvalue weighted by molar-refractivity contribution is -0.130. The van der Waals surface area contributed by atoms with Crippen LogP contribution in [-0.2, 0) is 10.2 Å². The molecule has 1 aromatic rings. The number of hydrogen-bond donors (Lipinski definition) is 0. The largest absolute Gasteiger partial charge is 0.336 e. The van der Waals surface area contributed by atoms with Gasteiger partial charge in [-0.2, -0.15) is 0 Å². The Labute approximate surface area is 189 Å². The van der Waals surface area contributed by atoms with Gasteiger partial charge in [0, 0.05) is 19.0 Å². The van der Waals surface area contributed by atoms with Crippen LogP contribution in [0.25, 0.3) is 0 Å². The maximum atomic E-state index is 12.5. The van der Waals surface area contributed by atoms with Gasteiger partial charge in [-0.05, 0) is 92.8 Å². The number of carbonyl (C=O) groups is 1. The van der Waals surface area contributed by atoms with E-state index < -0.39 is 0 Å². The van der Waals surface area contributed by atoms with Crippen LogP contribution in [0.3, 0.4) is 0 Å². The van der Waals surface area contributed by atoms with E-state index in [4.69, 9.17) is 0 Å². The summed E-state index contributed by atoms with van der Waals surface area (Å²) in [4.78, 5) is 17.5. The first-order valence-corrected chi connectivity index (χ1v) is 13.2. The number of nitrogens with zero attached hydrogens (tertiary/aromatic N) is 2. The molecule has 4 aliphatic rings. The van der Waals surface area contributed by atoms with Gasteiger partial charge in [-0.1, -0.05) is 51.0 Å². The molecule has 170 valence electrons. The monoisotopic (exact) mass is 422 g/mol. The number of rotatable bonds is 5. The molecular formula is C28H42N2O. The molecule has 1 amide bonds. The van der Waals surface area contributed by atoms with Crippen molar-refractivity contribution in [3.63, 3.8) is 0 Å². The molecule has 0 N–H and O–H groups in total. The van der Waals surface area contributed by atoms with Crippen molar-refractivity contribution in [3.05, 3.63) is 35.4 Å². The van der Waals surface area contributed by atoms with E-state index in [1.54, 1.807) is 5.56 Å². The molecule has 3 fully saturated rings. The van der Waals surface area contributed by atoms with Gasteiger partial charge in [0.1, 0.15) is 0 Å². The van der Waals surface area contributed by atoms with Crippen LogP contribution in [0.15, 0.2) is 24.3 Å². The fourth-order valence-electron chi connectivity index (χ4n) is 7.63. The van der Waals surface area contributed by atoms with Gasteiger partial charge >= 0.3 is 0 Å². The first kappa shape index (κ1) is 21.5. The minimum Gasteiger partial charge on any atom is -0.336 e. The summed E-state index contributed by atoms with van der Waals surface area (Å²) < 4.78 is 0. The van der Waals surface area contributed by atoms with Crippen molar-refractivity contribution < 1.29 is 4.79 Å². The van der Waals surface area contributed by atoms with Crippen molar-refractivity contribution in [1.82, 2.24) is 9.80 Å². The molecule has 3 nitrogen and oxygen atoms in total. The molecule has 0 bridgehead atoms. The van der Waals surface area contributed by atoms with Gasteiger partial charge in [-0.3, -0.25) is 4.79 Å². The lowest BCUT2D eigenvalue weighted by Gasteiger charge is -2.50. The molecule has 2 heterocycles. The van der Waals surface area contributed by atoms with Crippen LogP contribution in [0.4, 0.5) is 0 Å². The summed E-state index contributed by atoms with van der Waals surface area (Å²) in [5.41, 5.74) is 3.37. The van der Waals surface area contributed by atoms with E-state index in [2.05, 4.69) is 47.9 Å². The second kappa shape index (κ2) is 8.89. The Morgan fingerprint density at radius 2 is 1.87 bits per heavy atom. The molecule has 1 spiro atoms. The molecule has 1 unspecified atom stereocenters. The summed E-state index contributed by atoms with van der Waals surface area (Å²) in [5, 5.41) is 0. The Hall–Kier alpha value is -1.35. The number of hydrogen-bond acceptors (Lipinski definition) is 2. The van der Waals surface area contributed by atoms with Crippen molar-refractivity contribution in [2.45, 2.75) is 102 Å². The standard InChI is InChI=1S/C28H42N2O/c1-3-23(20-22-11-10-21(2)19-22)29-17-14-28(15-18-29)13-12-26(30-16-6-9-27(30)31)24-7-4-5-8-25(24)28/h4-5,7-8,21-23,26H,3,6,9-20H2,1-2H3/t21?,22-,23+,26+/m1/s1. The zero-order valence-corrected chi connectivity index (χ0v) is 19.8. The van der Waals surface area contributed by atoms with Crippen molar-refractivity contribution in [2.24, 2.45) is 11.8 Å². The number of benzene rings is 1. The molecule has 3 heteroatoms. The van der Waals surface area contributed by atoms with Gasteiger partial charge in [-0.15, -0.1) is 0 Å². The van der Waals surface area contributed by atoms with Crippen LogP contribution in [0.1, 0.15) is 102 Å². The molecule has 1 aromatic carbocycles. The lowest BCUT2D eigenvalue weighted by atomic mass is 9.63. The number of carbonyl (C=O) groups excluding carboxylic acids is 1. The Bertz CT molecular complexity index is 781. The smallest absolute Gasteiger partial charge is 0.223 e. The Balaban J connectivity index is 1.29. The maximum absolute atomic E-state index is 12.5. The molecule has 0 radical (unpaired) electrons. The summed E-state index contributed by atoms with van der Waals surface area (Å²) in [5.74, 6) is 2.28. The first-order chi connectivity index (χ1) is 15.1. The summed E-state index contributed by atoms with van der Waals surface area (Å²) in [6, 6.07) is 10.3. The van der Waals surface area contributed by atoms with Crippen molar-refractivity contribution in [1.29, 1.82) is 0 Å². The average molecular weight is 423 g/mol. The van der Waals surface area contributed by atoms with E-state index in [0.29, 0.717) is 17.4 Å². The molecule has 2 aliphatic heterocycles. The summed E-state index contributed by atoms with van der Waals surface area (Å²) in [6.45, 7) is 8.30. The molecule has 4 atom stereocenters. The molecule has 1 saturated carbocycles. The highest BCUT2D eigenvalue weighted by Gasteiger charge is 2.45. The van der Waals surface area contributed by atoms with Crippen LogP contribution in [0.2, 0.25) is 0 Å². The summed E-state index contributed by atoms with van der Waals surface area (Å²) in [6.07, 6.45) is 13.9. The van der Waals surface area contributed by atoms with E-state index >= 15 is 0 Å². The quantitative estimate of drug-likeness (QED) is 0.574. The van der Waals surface area contributed by atoms with Crippen LogP contribution in [0.5, 0.6) is 0 Å². The van der Waals surface area contributed by atoms with Crippen molar-refractivity contribution in [3.8, 4) is 0 Å². The van der Waals surface area contributed by atoms with Crippen LogP contribution >= 0.6 is 0 Å². The van der Waals surface area contributed by atoms with E-state index in [0.717, 1.165) is 43.7 Å². The minimum atomic E-state index is 0.322. The zero-order chi connectivity index (χ0) is 21.4. The van der Waals surface area contributed by atoms with Gasteiger partial charge in [0.05, 0.1) is 6.04 Å². The van der Waals surface area contributed by atoms with Crippen molar-refractivity contribution in [2.75, 3.05) is 19.6 Å². The van der Waals surface area contributed by atoms with Gasteiger partial charge < -0.3 is 9.80 Å². The fourth-order valence-corrected chi connectivity index (χ4v) is 7.63. The number of likely N-dealkylation sites (tertiary alicyclic amines) is 2. The minimum absolute atomic E-state index is 0.322. The van der Waals surface area contributed by atoms with Crippen molar-refractivity contribution >= 4 is 5.91 Å². The topological polar surface area (TPSA) is 23.6 Å². The summed E-state index contributed by atoms with van der Waals surface area (Å²) in [7, 11) is 0. The average Bonchev–Trinajstić information content (AvgIpc) is 3.41. The highest BCUT2D eigenvalue weighted by molar-refractivity contribution is 5.78. The predicted molar refractivity (Wildman–Crippen MR) is 127 cm³/mol. The van der Waals surface area contributed by atoms with Gasteiger partial charge in [0.25, 0.3) is 0 Å². The third kappa shape index (κ3) is 4.08. The van der Waals surface area contributed by atoms with Gasteiger partial charge in [-0.25, -0.2) is 0 Å². The first-order valence-electron chi connectivity index (χ1n) is 13.2. The molecule has 2 saturated heterocycles. The van der Waals surface area contributed by atoms with Crippen LogP contribution in [-0.4, -0.2) is 41.4 Å². The number of amides is 1. The molecule has 2 aliphatic carbocycles. The fraction of sp³-hybridized carbons (Fsp3) is 0.750. The molecule has 31 heavy (non-hydrogen) atoms. The normalized spacial score (nSPS) is 31.9. The maximum Gasteiger partial charge on any atom is 0.223 e. The molecular weight excluding hydrogens is 380 g/mol. The molecule has 0 aromatic heterocycles. The van der Waals surface area contributed by atoms with Gasteiger partial charge in [0.15, 0.2) is 0 Å².